The highest BCUT2D eigenvalue weighted by Crippen LogP contribution is 2.08. The Kier molecular flexibility index (Phi) is 4.28. The molecule has 2 heterocycles. The second kappa shape index (κ2) is 5.95. The monoisotopic (exact) mass is 342 g/mol. The van der Waals surface area contributed by atoms with Gasteiger partial charge in [0.2, 0.25) is 5.95 Å². The maximum Gasteiger partial charge on any atom is 0.261 e. The molecule has 0 radical (unpaired) electrons. The van der Waals surface area contributed by atoms with Crippen LogP contribution in [-0.2, 0) is 18.4 Å². The number of aryl methyl sites for hydroxylation is 2. The second-order valence-electron chi connectivity index (χ2n) is 4.06. The van der Waals surface area contributed by atoms with Crippen molar-refractivity contribution in [2.24, 2.45) is 12.1 Å². The molecule has 0 unspecified atom stereocenters. The van der Waals surface area contributed by atoms with Gasteiger partial charge >= 0.3 is 0 Å². The third kappa shape index (κ3) is 3.29. The summed E-state index contributed by atoms with van der Waals surface area (Å²) in [4.78, 5) is 11.6. The summed E-state index contributed by atoms with van der Waals surface area (Å²) >= 11 is 3.23. The van der Waals surface area contributed by atoms with Gasteiger partial charge in [-0.15, -0.1) is 0 Å². The molecule has 9 heteroatoms. The summed E-state index contributed by atoms with van der Waals surface area (Å²) in [6.07, 6.45) is 4.47. The summed E-state index contributed by atoms with van der Waals surface area (Å²) in [5.41, 5.74) is 3.05. The van der Waals surface area contributed by atoms with Crippen molar-refractivity contribution in [3.05, 3.63) is 34.1 Å². The molecule has 1 N–H and O–H groups in total. The Labute approximate surface area is 122 Å². The molecule has 0 fully saturated rings. The SMILES string of the molecule is Cc1nn(C)c(F)c1/C=N/NC(=O)Cn1cc(Br)cn1. The lowest BCUT2D eigenvalue weighted by atomic mass is 10.3. The Hall–Kier alpha value is -2.03. The van der Waals surface area contributed by atoms with Crippen molar-refractivity contribution in [3.63, 3.8) is 0 Å². The number of hydrogen-bond donors (Lipinski definition) is 1. The van der Waals surface area contributed by atoms with Gasteiger partial charge in [-0.2, -0.15) is 19.7 Å². The van der Waals surface area contributed by atoms with Gasteiger partial charge in [0.05, 0.1) is 28.1 Å². The Bertz CT molecular complexity index is 662. The van der Waals surface area contributed by atoms with Crippen molar-refractivity contribution in [2.75, 3.05) is 0 Å². The van der Waals surface area contributed by atoms with E-state index in [4.69, 9.17) is 0 Å². The standard InChI is InChI=1S/C11H12BrFN6O/c1-7-9(11(13)18(2)17-7)4-14-16-10(20)6-19-5-8(12)3-15-19/h3-5H,6H2,1-2H3,(H,16,20)/b14-4+. The maximum absolute atomic E-state index is 13.6. The number of carbonyl (C=O) groups excluding carboxylic acids is 1. The van der Waals surface area contributed by atoms with E-state index in [-0.39, 0.29) is 18.0 Å². The molecule has 0 saturated carbocycles. The third-order valence-corrected chi connectivity index (χ3v) is 2.90. The lowest BCUT2D eigenvalue weighted by molar-refractivity contribution is -0.121. The van der Waals surface area contributed by atoms with E-state index in [1.807, 2.05) is 0 Å². The largest absolute Gasteiger partial charge is 0.271 e. The van der Waals surface area contributed by atoms with E-state index in [2.05, 4.69) is 36.7 Å². The summed E-state index contributed by atoms with van der Waals surface area (Å²) in [5.74, 6) is -0.865. The van der Waals surface area contributed by atoms with Crippen LogP contribution in [0.15, 0.2) is 22.0 Å². The van der Waals surface area contributed by atoms with Gasteiger partial charge in [-0.1, -0.05) is 0 Å². The molecule has 2 aromatic rings. The van der Waals surface area contributed by atoms with E-state index in [9.17, 15) is 9.18 Å². The molecule has 0 spiro atoms. The van der Waals surface area contributed by atoms with Crippen LogP contribution in [-0.4, -0.2) is 31.7 Å². The van der Waals surface area contributed by atoms with Crippen molar-refractivity contribution in [2.45, 2.75) is 13.5 Å². The smallest absolute Gasteiger partial charge is 0.261 e. The number of amides is 1. The van der Waals surface area contributed by atoms with Crippen molar-refractivity contribution in [1.29, 1.82) is 0 Å². The number of aromatic nitrogens is 4. The van der Waals surface area contributed by atoms with Gasteiger partial charge in [-0.3, -0.25) is 9.48 Å². The van der Waals surface area contributed by atoms with Crippen LogP contribution in [0.25, 0.3) is 0 Å². The number of carbonyl (C=O) groups is 1. The molecule has 1 amide bonds. The van der Waals surface area contributed by atoms with Crippen LogP contribution in [0.4, 0.5) is 4.39 Å². The molecule has 0 aliphatic carbocycles. The first-order chi connectivity index (χ1) is 9.47. The number of rotatable bonds is 4. The molecule has 0 atom stereocenters. The predicted octanol–water partition coefficient (Wildman–Crippen LogP) is 0.977. The van der Waals surface area contributed by atoms with Gasteiger partial charge in [0.25, 0.3) is 5.91 Å². The van der Waals surface area contributed by atoms with Gasteiger partial charge in [0, 0.05) is 13.2 Å². The van der Waals surface area contributed by atoms with E-state index in [0.29, 0.717) is 5.69 Å². The molecular weight excluding hydrogens is 331 g/mol. The van der Waals surface area contributed by atoms with Crippen molar-refractivity contribution < 1.29 is 9.18 Å². The molecule has 2 aromatic heterocycles. The minimum absolute atomic E-state index is 0.0252. The number of hydrazone groups is 1. The summed E-state index contributed by atoms with van der Waals surface area (Å²) in [5, 5.41) is 11.5. The summed E-state index contributed by atoms with van der Waals surface area (Å²) in [7, 11) is 1.49. The lowest BCUT2D eigenvalue weighted by Gasteiger charge is -1.99. The number of nitrogens with zero attached hydrogens (tertiary/aromatic N) is 5. The van der Waals surface area contributed by atoms with Gasteiger partial charge in [0.1, 0.15) is 6.54 Å². The average molecular weight is 343 g/mol. The Morgan fingerprint density at radius 1 is 1.65 bits per heavy atom. The zero-order valence-electron chi connectivity index (χ0n) is 10.8. The normalized spacial score (nSPS) is 11.2. The molecule has 0 saturated heterocycles. The van der Waals surface area contributed by atoms with E-state index >= 15 is 0 Å². The van der Waals surface area contributed by atoms with Gasteiger partial charge in [-0.05, 0) is 22.9 Å². The first-order valence-electron chi connectivity index (χ1n) is 5.66. The van der Waals surface area contributed by atoms with Crippen molar-refractivity contribution in [1.82, 2.24) is 25.0 Å². The van der Waals surface area contributed by atoms with Crippen LogP contribution >= 0.6 is 15.9 Å². The Morgan fingerprint density at radius 2 is 2.40 bits per heavy atom. The highest BCUT2D eigenvalue weighted by atomic mass is 79.9. The molecule has 20 heavy (non-hydrogen) atoms. The molecule has 0 aliphatic heterocycles. The number of halogens is 2. The Balaban J connectivity index is 1.94. The minimum atomic E-state index is -0.503. The number of hydrogen-bond acceptors (Lipinski definition) is 4. The van der Waals surface area contributed by atoms with Gasteiger partial charge < -0.3 is 0 Å². The summed E-state index contributed by atoms with van der Waals surface area (Å²) in [6, 6.07) is 0. The number of nitrogens with one attached hydrogen (secondary N) is 1. The summed E-state index contributed by atoms with van der Waals surface area (Å²) in [6.45, 7) is 1.69. The van der Waals surface area contributed by atoms with E-state index in [0.717, 1.165) is 9.15 Å². The van der Waals surface area contributed by atoms with E-state index in [1.165, 1.54) is 17.9 Å². The highest BCUT2D eigenvalue weighted by Gasteiger charge is 2.10. The molecule has 7 nitrogen and oxygen atoms in total. The fraction of sp³-hybridized carbons (Fsp3) is 0.273. The maximum atomic E-state index is 13.6. The molecule has 2 rings (SSSR count). The first-order valence-corrected chi connectivity index (χ1v) is 6.45. The van der Waals surface area contributed by atoms with Gasteiger partial charge in [-0.25, -0.2) is 10.1 Å². The van der Waals surface area contributed by atoms with Crippen LogP contribution in [0.5, 0.6) is 0 Å². The fourth-order valence-corrected chi connectivity index (χ4v) is 1.90. The first kappa shape index (κ1) is 14.4. The molecular formula is C11H12BrFN6O. The lowest BCUT2D eigenvalue weighted by Crippen LogP contribution is -2.23. The molecule has 106 valence electrons. The van der Waals surface area contributed by atoms with Crippen LogP contribution in [0, 0.1) is 12.9 Å². The second-order valence-corrected chi connectivity index (χ2v) is 4.98. The zero-order valence-corrected chi connectivity index (χ0v) is 12.4. The topological polar surface area (TPSA) is 77.1 Å². The average Bonchev–Trinajstić information content (AvgIpc) is 2.88. The highest BCUT2D eigenvalue weighted by molar-refractivity contribution is 9.10. The molecule has 0 aliphatic rings. The fourth-order valence-electron chi connectivity index (χ4n) is 1.57. The van der Waals surface area contributed by atoms with E-state index < -0.39 is 5.95 Å². The van der Waals surface area contributed by atoms with Crippen LogP contribution < -0.4 is 5.43 Å². The molecule has 0 aromatic carbocycles. The van der Waals surface area contributed by atoms with Crippen molar-refractivity contribution in [3.8, 4) is 0 Å². The van der Waals surface area contributed by atoms with E-state index in [1.54, 1.807) is 19.3 Å². The Morgan fingerprint density at radius 3 is 2.95 bits per heavy atom. The van der Waals surface area contributed by atoms with Crippen LogP contribution in [0.2, 0.25) is 0 Å². The van der Waals surface area contributed by atoms with Crippen molar-refractivity contribution >= 4 is 28.1 Å². The van der Waals surface area contributed by atoms with Gasteiger partial charge in [0.15, 0.2) is 0 Å². The quantitative estimate of drug-likeness (QED) is 0.664. The zero-order chi connectivity index (χ0) is 14.7. The molecule has 0 bridgehead atoms. The third-order valence-electron chi connectivity index (χ3n) is 2.49. The summed E-state index contributed by atoms with van der Waals surface area (Å²) < 4.78 is 16.9. The minimum Gasteiger partial charge on any atom is -0.271 e. The van der Waals surface area contributed by atoms with Crippen LogP contribution in [0.1, 0.15) is 11.3 Å². The predicted molar refractivity (Wildman–Crippen MR) is 73.6 cm³/mol. The van der Waals surface area contributed by atoms with Crippen LogP contribution in [0.3, 0.4) is 0 Å².